The maximum atomic E-state index is 5.80. The van der Waals surface area contributed by atoms with Crippen LogP contribution in [-0.2, 0) is 4.74 Å². The van der Waals surface area contributed by atoms with Gasteiger partial charge in [0.15, 0.2) is 0 Å². The molecule has 2 atom stereocenters. The summed E-state index contributed by atoms with van der Waals surface area (Å²) >= 11 is 0. The van der Waals surface area contributed by atoms with Gasteiger partial charge in [-0.15, -0.1) is 0 Å². The molecule has 1 aromatic rings. The molecule has 2 nitrogen and oxygen atoms in total. The van der Waals surface area contributed by atoms with Crippen LogP contribution in [0.2, 0.25) is 0 Å². The van der Waals surface area contributed by atoms with E-state index in [0.717, 1.165) is 19.4 Å². The summed E-state index contributed by atoms with van der Waals surface area (Å²) in [7, 11) is 0. The Bertz CT molecular complexity index is 386. The minimum Gasteiger partial charge on any atom is -0.375 e. The number of nitrogens with one attached hydrogen (secondary N) is 1. The van der Waals surface area contributed by atoms with Gasteiger partial charge in [-0.2, -0.15) is 0 Å². The van der Waals surface area contributed by atoms with Crippen LogP contribution >= 0.6 is 0 Å². The van der Waals surface area contributed by atoms with Crippen molar-refractivity contribution in [3.8, 4) is 0 Å². The third-order valence-electron chi connectivity index (χ3n) is 3.94. The van der Waals surface area contributed by atoms with E-state index in [0.29, 0.717) is 18.0 Å². The molecule has 19 heavy (non-hydrogen) atoms. The maximum Gasteiger partial charge on any atom is 0.0641 e. The van der Waals surface area contributed by atoms with Crippen LogP contribution in [0.5, 0.6) is 0 Å². The van der Waals surface area contributed by atoms with Gasteiger partial charge in [0.1, 0.15) is 0 Å². The number of benzene rings is 1. The van der Waals surface area contributed by atoms with E-state index in [1.807, 2.05) is 0 Å². The molecule has 1 aromatic carbocycles. The van der Waals surface area contributed by atoms with Crippen LogP contribution in [0.15, 0.2) is 30.3 Å². The molecule has 1 saturated heterocycles. The Labute approximate surface area is 117 Å². The smallest absolute Gasteiger partial charge is 0.0641 e. The van der Waals surface area contributed by atoms with Gasteiger partial charge in [0.25, 0.3) is 0 Å². The van der Waals surface area contributed by atoms with Gasteiger partial charge < -0.3 is 10.1 Å². The lowest BCUT2D eigenvalue weighted by Crippen LogP contribution is -2.45. The van der Waals surface area contributed by atoms with Gasteiger partial charge in [-0.3, -0.25) is 0 Å². The normalized spacial score (nSPS) is 24.4. The summed E-state index contributed by atoms with van der Waals surface area (Å²) in [5.41, 5.74) is 1.40. The molecule has 1 fully saturated rings. The van der Waals surface area contributed by atoms with E-state index in [9.17, 15) is 0 Å². The summed E-state index contributed by atoms with van der Waals surface area (Å²) in [4.78, 5) is 0. The Morgan fingerprint density at radius 2 is 1.89 bits per heavy atom. The van der Waals surface area contributed by atoms with E-state index in [4.69, 9.17) is 4.74 Å². The third kappa shape index (κ3) is 4.05. The molecule has 0 spiro atoms. The van der Waals surface area contributed by atoms with Crippen LogP contribution in [0.1, 0.15) is 52.1 Å². The average molecular weight is 261 g/mol. The van der Waals surface area contributed by atoms with E-state index in [1.165, 1.54) is 5.56 Å². The number of hydrogen-bond donors (Lipinski definition) is 1. The Hall–Kier alpha value is -0.860. The first-order valence-corrected chi connectivity index (χ1v) is 7.43. The fraction of sp³-hybridized carbons (Fsp3) is 0.647. The van der Waals surface area contributed by atoms with Crippen LogP contribution in [0.4, 0.5) is 0 Å². The van der Waals surface area contributed by atoms with Gasteiger partial charge in [-0.1, -0.05) is 44.2 Å². The highest BCUT2D eigenvalue weighted by Crippen LogP contribution is 2.28. The molecule has 2 rings (SSSR count). The van der Waals surface area contributed by atoms with Crippen molar-refractivity contribution in [3.63, 3.8) is 0 Å². The summed E-state index contributed by atoms with van der Waals surface area (Å²) in [6.07, 6.45) is 2.20. The van der Waals surface area contributed by atoms with Crippen LogP contribution in [-0.4, -0.2) is 18.2 Å². The standard InChI is InChI=1S/C17H27NO/c1-13(2)16(14-8-6-5-7-9-14)18-15-10-11-19-17(3,4)12-15/h5-9,13,15-16,18H,10-12H2,1-4H3. The van der Waals surface area contributed by atoms with Crippen LogP contribution in [0, 0.1) is 5.92 Å². The average Bonchev–Trinajstić information content (AvgIpc) is 2.35. The molecule has 0 amide bonds. The largest absolute Gasteiger partial charge is 0.375 e. The van der Waals surface area contributed by atoms with Crippen molar-refractivity contribution in [2.75, 3.05) is 6.61 Å². The summed E-state index contributed by atoms with van der Waals surface area (Å²) < 4.78 is 5.80. The van der Waals surface area contributed by atoms with Gasteiger partial charge >= 0.3 is 0 Å². The predicted molar refractivity (Wildman–Crippen MR) is 80.2 cm³/mol. The molecular formula is C17H27NO. The van der Waals surface area contributed by atoms with Crippen molar-refractivity contribution in [3.05, 3.63) is 35.9 Å². The lowest BCUT2D eigenvalue weighted by Gasteiger charge is -2.38. The molecule has 1 aliphatic heterocycles. The fourth-order valence-electron chi connectivity index (χ4n) is 2.96. The molecule has 0 aromatic heterocycles. The second-order valence-corrected chi connectivity index (χ2v) is 6.60. The van der Waals surface area contributed by atoms with Gasteiger partial charge in [0.05, 0.1) is 5.60 Å². The monoisotopic (exact) mass is 261 g/mol. The number of hydrogen-bond acceptors (Lipinski definition) is 2. The van der Waals surface area contributed by atoms with E-state index >= 15 is 0 Å². The Balaban J connectivity index is 2.05. The second-order valence-electron chi connectivity index (χ2n) is 6.60. The molecule has 0 bridgehead atoms. The lowest BCUT2D eigenvalue weighted by atomic mass is 9.90. The van der Waals surface area contributed by atoms with Gasteiger partial charge in [0.2, 0.25) is 0 Å². The zero-order chi connectivity index (χ0) is 13.9. The maximum absolute atomic E-state index is 5.80. The quantitative estimate of drug-likeness (QED) is 0.886. The molecule has 1 heterocycles. The molecule has 106 valence electrons. The Kier molecular flexibility index (Phi) is 4.64. The van der Waals surface area contributed by atoms with E-state index in [-0.39, 0.29) is 5.60 Å². The van der Waals surface area contributed by atoms with Gasteiger partial charge in [-0.05, 0) is 38.2 Å². The van der Waals surface area contributed by atoms with Crippen molar-refractivity contribution >= 4 is 0 Å². The van der Waals surface area contributed by atoms with Crippen LogP contribution in [0.25, 0.3) is 0 Å². The highest BCUT2D eigenvalue weighted by atomic mass is 16.5. The summed E-state index contributed by atoms with van der Waals surface area (Å²) in [5, 5.41) is 3.85. The van der Waals surface area contributed by atoms with Crippen LogP contribution in [0.3, 0.4) is 0 Å². The first-order chi connectivity index (χ1) is 8.98. The third-order valence-corrected chi connectivity index (χ3v) is 3.94. The van der Waals surface area contributed by atoms with E-state index in [1.54, 1.807) is 0 Å². The first kappa shape index (κ1) is 14.5. The van der Waals surface area contributed by atoms with Crippen molar-refractivity contribution in [1.82, 2.24) is 5.32 Å². The van der Waals surface area contributed by atoms with E-state index in [2.05, 4.69) is 63.3 Å². The van der Waals surface area contributed by atoms with Crippen molar-refractivity contribution in [2.24, 2.45) is 5.92 Å². The summed E-state index contributed by atoms with van der Waals surface area (Å²) in [5.74, 6) is 0.591. The van der Waals surface area contributed by atoms with Crippen molar-refractivity contribution < 1.29 is 4.74 Å². The SMILES string of the molecule is CC(C)C(NC1CCOC(C)(C)C1)c1ccccc1. The fourth-order valence-corrected chi connectivity index (χ4v) is 2.96. The molecule has 1 N–H and O–H groups in total. The highest BCUT2D eigenvalue weighted by Gasteiger charge is 2.30. The van der Waals surface area contributed by atoms with Crippen molar-refractivity contribution in [2.45, 2.75) is 58.2 Å². The van der Waals surface area contributed by atoms with Crippen molar-refractivity contribution in [1.29, 1.82) is 0 Å². The second kappa shape index (κ2) is 6.06. The lowest BCUT2D eigenvalue weighted by molar-refractivity contribution is -0.0648. The van der Waals surface area contributed by atoms with Gasteiger partial charge in [-0.25, -0.2) is 0 Å². The molecular weight excluding hydrogens is 234 g/mol. The predicted octanol–water partition coefficient (Wildman–Crippen LogP) is 3.93. The summed E-state index contributed by atoms with van der Waals surface area (Å²) in [6, 6.07) is 11.8. The molecule has 2 heteroatoms. The van der Waals surface area contributed by atoms with Gasteiger partial charge in [0, 0.05) is 18.7 Å². The molecule has 2 unspecified atom stereocenters. The topological polar surface area (TPSA) is 21.3 Å². The highest BCUT2D eigenvalue weighted by molar-refractivity contribution is 5.19. The molecule has 0 saturated carbocycles. The zero-order valence-corrected chi connectivity index (χ0v) is 12.6. The van der Waals surface area contributed by atoms with E-state index < -0.39 is 0 Å². The molecule has 0 radical (unpaired) electrons. The summed E-state index contributed by atoms with van der Waals surface area (Å²) in [6.45, 7) is 9.82. The minimum absolute atomic E-state index is 0.00807. The number of rotatable bonds is 4. The first-order valence-electron chi connectivity index (χ1n) is 7.43. The molecule has 1 aliphatic rings. The number of ether oxygens (including phenoxy) is 1. The Morgan fingerprint density at radius 1 is 1.21 bits per heavy atom. The Morgan fingerprint density at radius 3 is 2.47 bits per heavy atom. The minimum atomic E-state index is 0.00807. The zero-order valence-electron chi connectivity index (χ0n) is 12.6. The van der Waals surface area contributed by atoms with Crippen LogP contribution < -0.4 is 5.32 Å². The molecule has 0 aliphatic carbocycles.